The fourth-order valence-corrected chi connectivity index (χ4v) is 3.37. The van der Waals surface area contributed by atoms with Gasteiger partial charge in [-0.3, -0.25) is 4.79 Å². The summed E-state index contributed by atoms with van der Waals surface area (Å²) in [4.78, 5) is 40.2. The molecule has 0 aromatic carbocycles. The largest absolute Gasteiger partial charge is 0.462 e. The number of H-pyrrole nitrogens is 1. The fraction of sp³-hybridized carbons (Fsp3) is 0.389. The Morgan fingerprint density at radius 3 is 2.44 bits per heavy atom. The summed E-state index contributed by atoms with van der Waals surface area (Å²) >= 11 is 1.27. The number of carbonyl (C=O) groups is 3. The molecule has 1 atom stereocenters. The molecule has 0 saturated carbocycles. The number of esters is 2. The average Bonchev–Trinajstić information content (AvgIpc) is 3.10. The number of hydrogen-bond donors (Lipinski definition) is 1. The third-order valence-corrected chi connectivity index (χ3v) is 4.86. The van der Waals surface area contributed by atoms with E-state index in [1.165, 1.54) is 18.3 Å². The van der Waals surface area contributed by atoms with E-state index in [1.54, 1.807) is 26.2 Å². The van der Waals surface area contributed by atoms with Crippen molar-refractivity contribution in [1.29, 1.82) is 0 Å². The first-order valence-corrected chi connectivity index (χ1v) is 8.81. The highest BCUT2D eigenvalue weighted by molar-refractivity contribution is 7.12. The van der Waals surface area contributed by atoms with Crippen LogP contribution in [0.5, 0.6) is 0 Å². The fourth-order valence-electron chi connectivity index (χ4n) is 2.56. The number of ether oxygens (including phenoxy) is 2. The minimum Gasteiger partial charge on any atom is -0.462 e. The van der Waals surface area contributed by atoms with Crippen LogP contribution in [0.4, 0.5) is 0 Å². The van der Waals surface area contributed by atoms with Gasteiger partial charge >= 0.3 is 11.9 Å². The van der Waals surface area contributed by atoms with Crippen LogP contribution >= 0.6 is 11.3 Å². The van der Waals surface area contributed by atoms with Gasteiger partial charge in [-0.1, -0.05) is 0 Å². The maximum Gasteiger partial charge on any atom is 0.349 e. The smallest absolute Gasteiger partial charge is 0.349 e. The number of aromatic nitrogens is 1. The lowest BCUT2D eigenvalue weighted by atomic mass is 10.1. The molecule has 0 fully saturated rings. The van der Waals surface area contributed by atoms with E-state index in [4.69, 9.17) is 9.47 Å². The predicted molar refractivity (Wildman–Crippen MR) is 94.5 cm³/mol. The average molecular weight is 363 g/mol. The molecule has 25 heavy (non-hydrogen) atoms. The van der Waals surface area contributed by atoms with Crippen LogP contribution in [0, 0.1) is 20.8 Å². The molecular weight excluding hydrogens is 342 g/mol. The van der Waals surface area contributed by atoms with Gasteiger partial charge in [-0.25, -0.2) is 9.59 Å². The van der Waals surface area contributed by atoms with Crippen LogP contribution in [0.1, 0.15) is 61.2 Å². The molecule has 0 aliphatic carbocycles. The molecule has 0 radical (unpaired) electrons. The van der Waals surface area contributed by atoms with Crippen LogP contribution in [0.2, 0.25) is 0 Å². The minimum atomic E-state index is -0.971. The van der Waals surface area contributed by atoms with Gasteiger partial charge in [-0.05, 0) is 57.2 Å². The number of aryl methyl sites for hydroxylation is 2. The van der Waals surface area contributed by atoms with E-state index < -0.39 is 23.8 Å². The van der Waals surface area contributed by atoms with Gasteiger partial charge < -0.3 is 14.5 Å². The van der Waals surface area contributed by atoms with Crippen molar-refractivity contribution in [3.8, 4) is 0 Å². The highest BCUT2D eigenvalue weighted by Gasteiger charge is 2.28. The normalized spacial score (nSPS) is 11.9. The Hall–Kier alpha value is -2.41. The minimum absolute atomic E-state index is 0.250. The van der Waals surface area contributed by atoms with E-state index >= 15 is 0 Å². The highest BCUT2D eigenvalue weighted by Crippen LogP contribution is 2.22. The highest BCUT2D eigenvalue weighted by atomic mass is 32.1. The molecule has 134 valence electrons. The van der Waals surface area contributed by atoms with Crippen molar-refractivity contribution in [3.05, 3.63) is 44.4 Å². The van der Waals surface area contributed by atoms with Crippen LogP contribution in [0.25, 0.3) is 0 Å². The van der Waals surface area contributed by atoms with Crippen molar-refractivity contribution in [1.82, 2.24) is 4.98 Å². The van der Waals surface area contributed by atoms with Crippen LogP contribution in [-0.4, -0.2) is 35.4 Å². The Bertz CT molecular complexity index is 818. The Morgan fingerprint density at radius 1 is 1.20 bits per heavy atom. The molecule has 2 heterocycles. The Kier molecular flexibility index (Phi) is 5.79. The van der Waals surface area contributed by atoms with Crippen molar-refractivity contribution < 1.29 is 23.9 Å². The Labute approximate surface area is 150 Å². The summed E-state index contributed by atoms with van der Waals surface area (Å²) in [6.07, 6.45) is -0.971. The molecule has 0 spiro atoms. The van der Waals surface area contributed by atoms with E-state index in [1.807, 2.05) is 13.0 Å². The summed E-state index contributed by atoms with van der Waals surface area (Å²) in [5.41, 5.74) is 2.45. The Morgan fingerprint density at radius 2 is 1.88 bits per heavy atom. The second kappa shape index (κ2) is 7.65. The number of thiophene rings is 1. The summed E-state index contributed by atoms with van der Waals surface area (Å²) in [6, 6.07) is 1.82. The zero-order valence-corrected chi connectivity index (χ0v) is 15.7. The number of rotatable bonds is 6. The quantitative estimate of drug-likeness (QED) is 0.626. The second-order valence-corrected chi connectivity index (χ2v) is 6.61. The monoisotopic (exact) mass is 363 g/mol. The molecule has 7 heteroatoms. The van der Waals surface area contributed by atoms with Gasteiger partial charge in [-0.2, -0.15) is 0 Å². The molecule has 0 amide bonds. The number of Topliss-reactive ketones (excluding diaryl/α,β-unsaturated/α-hetero) is 1. The third kappa shape index (κ3) is 3.82. The molecule has 6 nitrogen and oxygen atoms in total. The maximum absolute atomic E-state index is 12.6. The van der Waals surface area contributed by atoms with Crippen LogP contribution in [-0.2, 0) is 9.47 Å². The van der Waals surface area contributed by atoms with E-state index in [0.29, 0.717) is 21.7 Å². The van der Waals surface area contributed by atoms with Gasteiger partial charge in [0.2, 0.25) is 5.78 Å². The number of aromatic amines is 1. The van der Waals surface area contributed by atoms with Crippen molar-refractivity contribution in [2.45, 2.75) is 40.7 Å². The lowest BCUT2D eigenvalue weighted by Gasteiger charge is -2.12. The zero-order chi connectivity index (χ0) is 18.7. The van der Waals surface area contributed by atoms with Crippen molar-refractivity contribution in [2.24, 2.45) is 0 Å². The van der Waals surface area contributed by atoms with Crippen molar-refractivity contribution in [2.75, 3.05) is 6.61 Å². The standard InChI is InChI=1S/C18H21NO5S/c1-6-23-17(21)13-10(3)14(19-11(13)4)15(20)12(5)24-18(22)16-9(2)7-8-25-16/h7-8,12,19H,6H2,1-5H3/t12-/m0/s1. The van der Waals surface area contributed by atoms with Crippen molar-refractivity contribution >= 4 is 29.1 Å². The van der Waals surface area contributed by atoms with E-state index in [2.05, 4.69) is 4.98 Å². The zero-order valence-electron chi connectivity index (χ0n) is 14.9. The van der Waals surface area contributed by atoms with Gasteiger partial charge in [0.1, 0.15) is 4.88 Å². The molecule has 0 saturated heterocycles. The van der Waals surface area contributed by atoms with Gasteiger partial charge in [0.15, 0.2) is 6.10 Å². The van der Waals surface area contributed by atoms with Gasteiger partial charge in [-0.15, -0.1) is 11.3 Å². The second-order valence-electron chi connectivity index (χ2n) is 5.69. The van der Waals surface area contributed by atoms with Crippen LogP contribution in [0.3, 0.4) is 0 Å². The molecule has 2 rings (SSSR count). The van der Waals surface area contributed by atoms with Gasteiger partial charge in [0, 0.05) is 5.69 Å². The predicted octanol–water partition coefficient (Wildman–Crippen LogP) is 3.61. The molecule has 2 aromatic rings. The summed E-state index contributed by atoms with van der Waals surface area (Å²) in [7, 11) is 0. The lowest BCUT2D eigenvalue weighted by molar-refractivity contribution is 0.0320. The van der Waals surface area contributed by atoms with Gasteiger partial charge in [0.25, 0.3) is 0 Å². The number of ketones is 1. The third-order valence-electron chi connectivity index (χ3n) is 3.86. The molecule has 0 aliphatic rings. The van der Waals surface area contributed by atoms with Crippen LogP contribution < -0.4 is 0 Å². The molecule has 2 aromatic heterocycles. The number of carbonyl (C=O) groups excluding carboxylic acids is 3. The van der Waals surface area contributed by atoms with E-state index in [0.717, 1.165) is 5.56 Å². The molecule has 0 aliphatic heterocycles. The van der Waals surface area contributed by atoms with E-state index in [9.17, 15) is 14.4 Å². The van der Waals surface area contributed by atoms with Gasteiger partial charge in [0.05, 0.1) is 17.9 Å². The number of hydrogen-bond acceptors (Lipinski definition) is 6. The van der Waals surface area contributed by atoms with Crippen LogP contribution in [0.15, 0.2) is 11.4 Å². The van der Waals surface area contributed by atoms with E-state index in [-0.39, 0.29) is 12.3 Å². The SMILES string of the molecule is CCOC(=O)c1c(C)[nH]c(C(=O)[C@H](C)OC(=O)c2sccc2C)c1C. The topological polar surface area (TPSA) is 85.5 Å². The molecular formula is C18H21NO5S. The molecule has 0 bridgehead atoms. The maximum atomic E-state index is 12.6. The number of nitrogens with one attached hydrogen (secondary N) is 1. The lowest BCUT2D eigenvalue weighted by Crippen LogP contribution is -2.25. The summed E-state index contributed by atoms with van der Waals surface area (Å²) < 4.78 is 10.3. The Balaban J connectivity index is 2.20. The first kappa shape index (κ1) is 18.9. The summed E-state index contributed by atoms with van der Waals surface area (Å²) in [5.74, 6) is -1.40. The first-order chi connectivity index (χ1) is 11.8. The molecule has 1 N–H and O–H groups in total. The van der Waals surface area contributed by atoms with Crippen molar-refractivity contribution in [3.63, 3.8) is 0 Å². The first-order valence-electron chi connectivity index (χ1n) is 7.93. The summed E-state index contributed by atoms with van der Waals surface area (Å²) in [5, 5.41) is 1.79. The molecule has 0 unspecified atom stereocenters. The summed E-state index contributed by atoms with van der Waals surface area (Å²) in [6.45, 7) is 8.66.